The van der Waals surface area contributed by atoms with Gasteiger partial charge in [-0.1, -0.05) is 12.1 Å². The first-order valence-electron chi connectivity index (χ1n) is 4.47. The van der Waals surface area contributed by atoms with Crippen LogP contribution < -0.4 is 5.73 Å². The maximum atomic E-state index is 13.0. The Hall–Kier alpha value is -1.43. The van der Waals surface area contributed by atoms with Gasteiger partial charge in [-0.05, 0) is 12.6 Å². The SMILES string of the molecule is NCCC(=O)c1cccc(F)c1C(F)(F)F. The van der Waals surface area contributed by atoms with Crippen LogP contribution in [0.2, 0.25) is 0 Å². The number of carbonyl (C=O) groups excluding carboxylic acids is 1. The van der Waals surface area contributed by atoms with Crippen molar-refractivity contribution in [3.05, 3.63) is 35.1 Å². The highest BCUT2D eigenvalue weighted by molar-refractivity contribution is 5.97. The molecule has 88 valence electrons. The Labute approximate surface area is 89.1 Å². The van der Waals surface area contributed by atoms with Crippen LogP contribution in [0.5, 0.6) is 0 Å². The smallest absolute Gasteiger partial charge is 0.330 e. The third-order valence-electron chi connectivity index (χ3n) is 1.97. The molecular formula is C10H9F4NO. The van der Waals surface area contributed by atoms with Crippen LogP contribution >= 0.6 is 0 Å². The van der Waals surface area contributed by atoms with E-state index in [1.54, 1.807) is 0 Å². The van der Waals surface area contributed by atoms with Crippen LogP contribution in [0, 0.1) is 5.82 Å². The zero-order valence-corrected chi connectivity index (χ0v) is 8.14. The van der Waals surface area contributed by atoms with Crippen LogP contribution in [-0.2, 0) is 6.18 Å². The molecule has 0 aliphatic rings. The number of alkyl halides is 3. The number of hydrogen-bond donors (Lipinski definition) is 1. The number of halogens is 4. The van der Waals surface area contributed by atoms with E-state index in [9.17, 15) is 22.4 Å². The van der Waals surface area contributed by atoms with Gasteiger partial charge in [0.15, 0.2) is 5.78 Å². The van der Waals surface area contributed by atoms with Crippen LogP contribution in [-0.4, -0.2) is 12.3 Å². The van der Waals surface area contributed by atoms with Crippen molar-refractivity contribution in [2.24, 2.45) is 5.73 Å². The van der Waals surface area contributed by atoms with E-state index in [1.807, 2.05) is 0 Å². The normalized spacial score (nSPS) is 11.6. The number of nitrogens with two attached hydrogens (primary N) is 1. The average molecular weight is 235 g/mol. The number of hydrogen-bond acceptors (Lipinski definition) is 2. The monoisotopic (exact) mass is 235 g/mol. The largest absolute Gasteiger partial charge is 0.419 e. The number of Topliss-reactive ketones (excluding diaryl/α,β-unsaturated/α-hetero) is 1. The minimum atomic E-state index is -4.88. The molecule has 2 nitrogen and oxygen atoms in total. The van der Waals surface area contributed by atoms with Crippen LogP contribution in [0.1, 0.15) is 22.3 Å². The van der Waals surface area contributed by atoms with E-state index in [-0.39, 0.29) is 13.0 Å². The van der Waals surface area contributed by atoms with Crippen LogP contribution in [0.3, 0.4) is 0 Å². The van der Waals surface area contributed by atoms with Gasteiger partial charge in [-0.15, -0.1) is 0 Å². The molecular weight excluding hydrogens is 226 g/mol. The van der Waals surface area contributed by atoms with E-state index in [2.05, 4.69) is 0 Å². The number of rotatable bonds is 3. The molecule has 1 aromatic rings. The van der Waals surface area contributed by atoms with Gasteiger partial charge < -0.3 is 5.73 Å². The van der Waals surface area contributed by atoms with Crippen molar-refractivity contribution < 1.29 is 22.4 Å². The zero-order valence-electron chi connectivity index (χ0n) is 8.14. The highest BCUT2D eigenvalue weighted by atomic mass is 19.4. The molecule has 0 spiro atoms. The lowest BCUT2D eigenvalue weighted by atomic mass is 10.0. The Kier molecular flexibility index (Phi) is 3.64. The third-order valence-corrected chi connectivity index (χ3v) is 1.97. The van der Waals surface area contributed by atoms with Crippen LogP contribution in [0.25, 0.3) is 0 Å². The summed E-state index contributed by atoms with van der Waals surface area (Å²) in [5.41, 5.74) is 2.88. The molecule has 1 rings (SSSR count). The Morgan fingerprint density at radius 2 is 1.94 bits per heavy atom. The van der Waals surface area contributed by atoms with Gasteiger partial charge in [-0.25, -0.2) is 4.39 Å². The fraction of sp³-hybridized carbons (Fsp3) is 0.300. The molecule has 0 fully saturated rings. The van der Waals surface area contributed by atoms with Gasteiger partial charge in [0.1, 0.15) is 11.4 Å². The van der Waals surface area contributed by atoms with Crippen LogP contribution in [0.4, 0.5) is 17.6 Å². The molecule has 0 bridgehead atoms. The third kappa shape index (κ3) is 2.57. The van der Waals surface area contributed by atoms with E-state index in [1.165, 1.54) is 0 Å². The van der Waals surface area contributed by atoms with Crippen molar-refractivity contribution >= 4 is 5.78 Å². The molecule has 0 unspecified atom stereocenters. The first kappa shape index (κ1) is 12.6. The Morgan fingerprint density at radius 3 is 2.44 bits per heavy atom. The van der Waals surface area contributed by atoms with Crippen molar-refractivity contribution in [2.75, 3.05) is 6.54 Å². The molecule has 0 atom stereocenters. The van der Waals surface area contributed by atoms with Gasteiger partial charge in [0.05, 0.1) is 0 Å². The van der Waals surface area contributed by atoms with E-state index >= 15 is 0 Å². The molecule has 0 heterocycles. The Bertz CT molecular complexity index is 400. The first-order valence-corrected chi connectivity index (χ1v) is 4.47. The van der Waals surface area contributed by atoms with Gasteiger partial charge in [0.2, 0.25) is 0 Å². The summed E-state index contributed by atoms with van der Waals surface area (Å²) in [6.45, 7) is -0.0767. The summed E-state index contributed by atoms with van der Waals surface area (Å²) in [7, 11) is 0. The molecule has 0 aliphatic heterocycles. The van der Waals surface area contributed by atoms with Crippen molar-refractivity contribution in [1.29, 1.82) is 0 Å². The fourth-order valence-electron chi connectivity index (χ4n) is 1.31. The first-order chi connectivity index (χ1) is 7.38. The predicted molar refractivity (Wildman–Crippen MR) is 49.4 cm³/mol. The lowest BCUT2D eigenvalue weighted by Crippen LogP contribution is -2.17. The molecule has 0 aromatic heterocycles. The maximum Gasteiger partial charge on any atom is 0.419 e. The minimum Gasteiger partial charge on any atom is -0.330 e. The second-order valence-corrected chi connectivity index (χ2v) is 3.12. The quantitative estimate of drug-likeness (QED) is 0.645. The lowest BCUT2D eigenvalue weighted by Gasteiger charge is -2.12. The van der Waals surface area contributed by atoms with Crippen LogP contribution in [0.15, 0.2) is 18.2 Å². The maximum absolute atomic E-state index is 13.0. The molecule has 0 saturated carbocycles. The average Bonchev–Trinajstić information content (AvgIpc) is 2.15. The summed E-state index contributed by atoms with van der Waals surface area (Å²) in [6, 6.07) is 2.68. The van der Waals surface area contributed by atoms with Crippen molar-refractivity contribution in [1.82, 2.24) is 0 Å². The van der Waals surface area contributed by atoms with Crippen molar-refractivity contribution in [2.45, 2.75) is 12.6 Å². The zero-order chi connectivity index (χ0) is 12.3. The van der Waals surface area contributed by atoms with Gasteiger partial charge >= 0.3 is 6.18 Å². The molecule has 0 amide bonds. The van der Waals surface area contributed by atoms with Crippen molar-refractivity contribution in [3.63, 3.8) is 0 Å². The summed E-state index contributed by atoms with van der Waals surface area (Å²) in [5.74, 6) is -2.26. The van der Waals surface area contributed by atoms with Gasteiger partial charge in [0, 0.05) is 12.0 Å². The summed E-state index contributed by atoms with van der Waals surface area (Å²) in [5, 5.41) is 0. The minimum absolute atomic E-state index is 0.0767. The molecule has 16 heavy (non-hydrogen) atoms. The molecule has 0 aliphatic carbocycles. The second kappa shape index (κ2) is 4.61. The highest BCUT2D eigenvalue weighted by Gasteiger charge is 2.38. The Balaban J connectivity index is 3.29. The molecule has 2 N–H and O–H groups in total. The van der Waals surface area contributed by atoms with Gasteiger partial charge in [-0.3, -0.25) is 4.79 Å². The summed E-state index contributed by atoms with van der Waals surface area (Å²) in [6.07, 6.45) is -5.13. The fourth-order valence-corrected chi connectivity index (χ4v) is 1.31. The Morgan fingerprint density at radius 1 is 1.31 bits per heavy atom. The summed E-state index contributed by atoms with van der Waals surface area (Å²) >= 11 is 0. The van der Waals surface area contributed by atoms with E-state index in [0.29, 0.717) is 6.07 Å². The number of benzene rings is 1. The summed E-state index contributed by atoms with van der Waals surface area (Å²) < 4.78 is 50.5. The molecule has 0 saturated heterocycles. The molecule has 1 aromatic carbocycles. The highest BCUT2D eigenvalue weighted by Crippen LogP contribution is 2.34. The number of ketones is 1. The van der Waals surface area contributed by atoms with Gasteiger partial charge in [0.25, 0.3) is 0 Å². The predicted octanol–water partition coefficient (Wildman–Crippen LogP) is 2.38. The van der Waals surface area contributed by atoms with Crippen molar-refractivity contribution in [3.8, 4) is 0 Å². The second-order valence-electron chi connectivity index (χ2n) is 3.12. The molecule has 0 radical (unpaired) electrons. The van der Waals surface area contributed by atoms with E-state index < -0.39 is 28.9 Å². The van der Waals surface area contributed by atoms with E-state index in [0.717, 1.165) is 12.1 Å². The molecule has 6 heteroatoms. The van der Waals surface area contributed by atoms with E-state index in [4.69, 9.17) is 5.73 Å². The lowest BCUT2D eigenvalue weighted by molar-refractivity contribution is -0.140. The standard InChI is InChI=1S/C10H9F4NO/c11-7-3-1-2-6(8(16)4-5-15)9(7)10(12,13)14/h1-3H,4-5,15H2. The topological polar surface area (TPSA) is 43.1 Å². The number of carbonyl (C=O) groups is 1. The summed E-state index contributed by atoms with van der Waals surface area (Å²) in [4.78, 5) is 11.3. The van der Waals surface area contributed by atoms with Gasteiger partial charge in [-0.2, -0.15) is 13.2 Å².